The van der Waals surface area contributed by atoms with E-state index in [4.69, 9.17) is 4.74 Å². The summed E-state index contributed by atoms with van der Waals surface area (Å²) in [6.45, 7) is 2.11. The Hall–Kier alpha value is -2.54. The highest BCUT2D eigenvalue weighted by atomic mass is 19.3. The van der Waals surface area contributed by atoms with Crippen molar-refractivity contribution in [1.29, 1.82) is 0 Å². The van der Waals surface area contributed by atoms with Gasteiger partial charge in [0.2, 0.25) is 0 Å². The second-order valence-corrected chi connectivity index (χ2v) is 6.58. The van der Waals surface area contributed by atoms with Gasteiger partial charge in [-0.25, -0.2) is 8.78 Å². The molecule has 1 N–H and O–H groups in total. The summed E-state index contributed by atoms with van der Waals surface area (Å²) in [4.78, 5) is 18.3. The average Bonchev–Trinajstić information content (AvgIpc) is 2.68. The van der Waals surface area contributed by atoms with Crippen LogP contribution in [-0.2, 0) is 6.54 Å². The van der Waals surface area contributed by atoms with Gasteiger partial charge in [-0.15, -0.1) is 0 Å². The van der Waals surface area contributed by atoms with Gasteiger partial charge in [-0.2, -0.15) is 0 Å². The number of likely N-dealkylation sites (tertiary alicyclic amines) is 1. The van der Waals surface area contributed by atoms with Crippen LogP contribution in [0.5, 0.6) is 5.75 Å². The van der Waals surface area contributed by atoms with Gasteiger partial charge in [0, 0.05) is 37.6 Å². The van der Waals surface area contributed by atoms with E-state index in [9.17, 15) is 13.6 Å². The summed E-state index contributed by atoms with van der Waals surface area (Å²) >= 11 is 0. The molecule has 1 aromatic heterocycles. The van der Waals surface area contributed by atoms with E-state index in [0.29, 0.717) is 11.3 Å². The Kier molecular flexibility index (Phi) is 6.70. The number of carbonyl (C=O) groups is 1. The quantitative estimate of drug-likeness (QED) is 0.808. The van der Waals surface area contributed by atoms with E-state index in [2.05, 4.69) is 15.2 Å². The number of pyridine rings is 1. The molecule has 0 atom stereocenters. The van der Waals surface area contributed by atoms with E-state index in [-0.39, 0.29) is 6.10 Å². The molecular formula is C20H23F2N3O2. The SMILES string of the molecule is O=C(NCC(F)F)c1cccc(OC2CCN(Cc3ccncc3)CC2)c1. The lowest BCUT2D eigenvalue weighted by molar-refractivity contribution is 0.0886. The Morgan fingerprint density at radius 1 is 1.22 bits per heavy atom. The van der Waals surface area contributed by atoms with Crippen molar-refractivity contribution >= 4 is 5.91 Å². The zero-order valence-electron chi connectivity index (χ0n) is 15.0. The molecule has 0 bridgehead atoms. The van der Waals surface area contributed by atoms with Crippen LogP contribution in [-0.4, -0.2) is 48.0 Å². The van der Waals surface area contributed by atoms with Gasteiger partial charge >= 0.3 is 0 Å². The molecule has 0 unspecified atom stereocenters. The van der Waals surface area contributed by atoms with E-state index in [0.717, 1.165) is 32.5 Å². The number of aromatic nitrogens is 1. The van der Waals surface area contributed by atoms with Crippen molar-refractivity contribution in [3.63, 3.8) is 0 Å². The summed E-state index contributed by atoms with van der Waals surface area (Å²) in [5.74, 6) is 0.0696. The molecule has 5 nitrogen and oxygen atoms in total. The maximum atomic E-state index is 12.2. The minimum Gasteiger partial charge on any atom is -0.490 e. The molecule has 1 aliphatic heterocycles. The molecule has 1 saturated heterocycles. The molecule has 1 aliphatic rings. The van der Waals surface area contributed by atoms with Gasteiger partial charge in [0.25, 0.3) is 12.3 Å². The van der Waals surface area contributed by atoms with Gasteiger partial charge < -0.3 is 10.1 Å². The van der Waals surface area contributed by atoms with E-state index < -0.39 is 18.9 Å². The molecule has 0 radical (unpaired) electrons. The number of nitrogens with one attached hydrogen (secondary N) is 1. The van der Waals surface area contributed by atoms with Crippen molar-refractivity contribution in [3.8, 4) is 5.75 Å². The van der Waals surface area contributed by atoms with Gasteiger partial charge in [0.05, 0.1) is 6.54 Å². The van der Waals surface area contributed by atoms with E-state index in [1.165, 1.54) is 5.56 Å². The summed E-state index contributed by atoms with van der Waals surface area (Å²) in [5.41, 5.74) is 1.56. The monoisotopic (exact) mass is 375 g/mol. The van der Waals surface area contributed by atoms with Crippen LogP contribution in [0.3, 0.4) is 0 Å². The maximum Gasteiger partial charge on any atom is 0.255 e. The molecule has 3 rings (SSSR count). The molecule has 1 amide bonds. The first-order valence-electron chi connectivity index (χ1n) is 9.04. The lowest BCUT2D eigenvalue weighted by Gasteiger charge is -2.32. The fourth-order valence-electron chi connectivity index (χ4n) is 3.11. The largest absolute Gasteiger partial charge is 0.490 e. The zero-order chi connectivity index (χ0) is 19.1. The summed E-state index contributed by atoms with van der Waals surface area (Å²) in [5, 5.41) is 2.20. The van der Waals surface area contributed by atoms with Crippen molar-refractivity contribution in [2.45, 2.75) is 31.9 Å². The molecular weight excluding hydrogens is 352 g/mol. The normalized spacial score (nSPS) is 15.7. The molecule has 0 saturated carbocycles. The van der Waals surface area contributed by atoms with Crippen molar-refractivity contribution in [1.82, 2.24) is 15.2 Å². The molecule has 0 aliphatic carbocycles. The van der Waals surface area contributed by atoms with E-state index in [1.807, 2.05) is 12.1 Å². The third kappa shape index (κ3) is 5.99. The number of alkyl halides is 2. The maximum absolute atomic E-state index is 12.2. The topological polar surface area (TPSA) is 54.5 Å². The Morgan fingerprint density at radius 2 is 1.96 bits per heavy atom. The molecule has 1 fully saturated rings. The summed E-state index contributed by atoms with van der Waals surface area (Å²) in [6, 6.07) is 10.7. The number of ether oxygens (including phenoxy) is 1. The minimum atomic E-state index is -2.56. The first-order valence-corrected chi connectivity index (χ1v) is 9.04. The number of hydrogen-bond acceptors (Lipinski definition) is 4. The van der Waals surface area contributed by atoms with Crippen LogP contribution >= 0.6 is 0 Å². The zero-order valence-corrected chi connectivity index (χ0v) is 15.0. The fourth-order valence-corrected chi connectivity index (χ4v) is 3.11. The van der Waals surface area contributed by atoms with Gasteiger partial charge in [-0.3, -0.25) is 14.7 Å². The Balaban J connectivity index is 1.49. The van der Waals surface area contributed by atoms with Gasteiger partial charge in [0.1, 0.15) is 11.9 Å². The van der Waals surface area contributed by atoms with Crippen LogP contribution in [0.4, 0.5) is 8.78 Å². The molecule has 2 aromatic rings. The standard InChI is InChI=1S/C20H23F2N3O2/c21-19(22)13-24-20(26)16-2-1-3-18(12-16)27-17-6-10-25(11-7-17)14-15-4-8-23-9-5-15/h1-5,8-9,12,17,19H,6-7,10-11,13-14H2,(H,24,26). The molecule has 27 heavy (non-hydrogen) atoms. The van der Waals surface area contributed by atoms with Crippen LogP contribution in [0.15, 0.2) is 48.8 Å². The second kappa shape index (κ2) is 9.41. The third-order valence-electron chi connectivity index (χ3n) is 4.51. The van der Waals surface area contributed by atoms with Gasteiger partial charge in [-0.05, 0) is 48.7 Å². The van der Waals surface area contributed by atoms with Crippen molar-refractivity contribution in [3.05, 3.63) is 59.9 Å². The predicted octanol–water partition coefficient (Wildman–Crippen LogP) is 3.12. The Labute approximate surface area is 157 Å². The highest BCUT2D eigenvalue weighted by Crippen LogP contribution is 2.21. The average molecular weight is 375 g/mol. The fraction of sp³-hybridized carbons (Fsp3) is 0.400. The first kappa shape index (κ1) is 19.2. The Morgan fingerprint density at radius 3 is 2.67 bits per heavy atom. The number of hydrogen-bond donors (Lipinski definition) is 1. The van der Waals surface area contributed by atoms with E-state index >= 15 is 0 Å². The van der Waals surface area contributed by atoms with Gasteiger partial charge in [-0.1, -0.05) is 6.07 Å². The van der Waals surface area contributed by atoms with Crippen LogP contribution < -0.4 is 10.1 Å². The predicted molar refractivity (Wildman–Crippen MR) is 97.9 cm³/mol. The number of nitrogens with zero attached hydrogens (tertiary/aromatic N) is 2. The summed E-state index contributed by atoms with van der Waals surface area (Å²) in [6.07, 6.45) is 2.91. The van der Waals surface area contributed by atoms with Crippen molar-refractivity contribution < 1.29 is 18.3 Å². The lowest BCUT2D eigenvalue weighted by Crippen LogP contribution is -2.37. The second-order valence-electron chi connectivity index (χ2n) is 6.58. The van der Waals surface area contributed by atoms with Crippen LogP contribution in [0.1, 0.15) is 28.8 Å². The number of carbonyl (C=O) groups excluding carboxylic acids is 1. The number of halogens is 2. The summed E-state index contributed by atoms with van der Waals surface area (Å²) < 4.78 is 30.4. The smallest absolute Gasteiger partial charge is 0.255 e. The number of rotatable bonds is 7. The third-order valence-corrected chi connectivity index (χ3v) is 4.51. The van der Waals surface area contributed by atoms with Crippen molar-refractivity contribution in [2.24, 2.45) is 0 Å². The molecule has 0 spiro atoms. The minimum absolute atomic E-state index is 0.0815. The highest BCUT2D eigenvalue weighted by Gasteiger charge is 2.21. The highest BCUT2D eigenvalue weighted by molar-refractivity contribution is 5.94. The van der Waals surface area contributed by atoms with Crippen LogP contribution in [0, 0.1) is 0 Å². The number of benzene rings is 1. The van der Waals surface area contributed by atoms with Crippen molar-refractivity contribution in [2.75, 3.05) is 19.6 Å². The molecule has 7 heteroatoms. The first-order chi connectivity index (χ1) is 13.1. The number of piperidine rings is 1. The van der Waals surface area contributed by atoms with Crippen LogP contribution in [0.2, 0.25) is 0 Å². The molecule has 1 aromatic carbocycles. The van der Waals surface area contributed by atoms with Gasteiger partial charge in [0.15, 0.2) is 0 Å². The van der Waals surface area contributed by atoms with Crippen LogP contribution in [0.25, 0.3) is 0 Å². The number of amides is 1. The summed E-state index contributed by atoms with van der Waals surface area (Å²) in [7, 11) is 0. The van der Waals surface area contributed by atoms with E-state index in [1.54, 1.807) is 36.7 Å². The lowest BCUT2D eigenvalue weighted by atomic mass is 10.1. The Bertz CT molecular complexity index is 735. The molecule has 2 heterocycles. The molecule has 144 valence electrons.